The summed E-state index contributed by atoms with van der Waals surface area (Å²) in [5.74, 6) is 1.30. The molecular formula is C20H32N2O3. The second-order valence-electron chi connectivity index (χ2n) is 7.26. The summed E-state index contributed by atoms with van der Waals surface area (Å²) in [4.78, 5) is 15.0. The molecule has 0 aromatic heterocycles. The first kappa shape index (κ1) is 19.7. The van der Waals surface area contributed by atoms with Crippen LogP contribution in [0.4, 0.5) is 5.69 Å². The van der Waals surface area contributed by atoms with Gasteiger partial charge < -0.3 is 19.7 Å². The maximum atomic E-state index is 12.9. The molecule has 1 saturated carbocycles. The van der Waals surface area contributed by atoms with Gasteiger partial charge in [0.05, 0.1) is 0 Å². The van der Waals surface area contributed by atoms with E-state index < -0.39 is 5.60 Å². The zero-order chi connectivity index (χ0) is 18.3. The highest BCUT2D eigenvalue weighted by molar-refractivity contribution is 5.97. The van der Waals surface area contributed by atoms with Crippen LogP contribution in [-0.2, 0) is 9.53 Å². The zero-order valence-electron chi connectivity index (χ0n) is 16.0. The lowest BCUT2D eigenvalue weighted by molar-refractivity contribution is -0.147. The van der Waals surface area contributed by atoms with Crippen molar-refractivity contribution in [1.29, 1.82) is 0 Å². The summed E-state index contributed by atoms with van der Waals surface area (Å²) in [5, 5.41) is 3.03. The molecule has 1 aliphatic carbocycles. The second kappa shape index (κ2) is 9.20. The van der Waals surface area contributed by atoms with Gasteiger partial charge in [0.15, 0.2) is 0 Å². The van der Waals surface area contributed by atoms with Crippen LogP contribution in [0.15, 0.2) is 24.3 Å². The molecule has 25 heavy (non-hydrogen) atoms. The number of hydrogen-bond acceptors (Lipinski definition) is 4. The van der Waals surface area contributed by atoms with Gasteiger partial charge in [-0.15, -0.1) is 0 Å². The Balaban J connectivity index is 1.96. The normalized spacial score (nSPS) is 23.5. The van der Waals surface area contributed by atoms with E-state index in [0.717, 1.165) is 37.2 Å². The standard InChI is InChI=1S/C20H32N2O3/c1-5-25-20(12-6-7-16(2)15-20)19(23)21-17-8-10-18(11-9-17)24-14-13-22(3)4/h8-11,16H,5-7,12-15H2,1-4H3,(H,21,23)/t16-,20-/m1/s1. The molecular weight excluding hydrogens is 316 g/mol. The van der Waals surface area contributed by atoms with Crippen LogP contribution in [0.1, 0.15) is 39.5 Å². The summed E-state index contributed by atoms with van der Waals surface area (Å²) in [6.07, 6.45) is 3.79. The van der Waals surface area contributed by atoms with Crippen molar-refractivity contribution in [3.8, 4) is 5.75 Å². The van der Waals surface area contributed by atoms with E-state index in [0.29, 0.717) is 19.1 Å². The Labute approximate surface area is 151 Å². The topological polar surface area (TPSA) is 50.8 Å². The molecule has 1 fully saturated rings. The summed E-state index contributed by atoms with van der Waals surface area (Å²) in [6, 6.07) is 7.55. The van der Waals surface area contributed by atoms with Crippen LogP contribution in [0.3, 0.4) is 0 Å². The minimum atomic E-state index is -0.687. The first-order valence-electron chi connectivity index (χ1n) is 9.28. The van der Waals surface area contributed by atoms with Crippen molar-refractivity contribution < 1.29 is 14.3 Å². The lowest BCUT2D eigenvalue weighted by Gasteiger charge is -2.38. The van der Waals surface area contributed by atoms with Crippen LogP contribution in [0.25, 0.3) is 0 Å². The van der Waals surface area contributed by atoms with Crippen molar-refractivity contribution in [2.75, 3.05) is 39.2 Å². The molecule has 0 bridgehead atoms. The van der Waals surface area contributed by atoms with E-state index in [1.54, 1.807) is 0 Å². The average molecular weight is 348 g/mol. The number of anilines is 1. The van der Waals surface area contributed by atoms with Crippen molar-refractivity contribution in [3.63, 3.8) is 0 Å². The van der Waals surface area contributed by atoms with Crippen LogP contribution in [0, 0.1) is 5.92 Å². The molecule has 2 rings (SSSR count). The van der Waals surface area contributed by atoms with Gasteiger partial charge in [-0.25, -0.2) is 0 Å². The smallest absolute Gasteiger partial charge is 0.256 e. The Hall–Kier alpha value is -1.59. The number of likely N-dealkylation sites (N-methyl/N-ethyl adjacent to an activating group) is 1. The number of amides is 1. The fraction of sp³-hybridized carbons (Fsp3) is 0.650. The third-order valence-electron chi connectivity index (χ3n) is 4.71. The molecule has 0 saturated heterocycles. The van der Waals surface area contributed by atoms with E-state index in [4.69, 9.17) is 9.47 Å². The number of hydrogen-bond donors (Lipinski definition) is 1. The van der Waals surface area contributed by atoms with Gasteiger partial charge in [0.2, 0.25) is 0 Å². The molecule has 2 atom stereocenters. The fourth-order valence-electron chi connectivity index (χ4n) is 3.41. The summed E-state index contributed by atoms with van der Waals surface area (Å²) in [5.41, 5.74) is 0.0927. The highest BCUT2D eigenvalue weighted by atomic mass is 16.5. The maximum Gasteiger partial charge on any atom is 0.256 e. The molecule has 0 heterocycles. The maximum absolute atomic E-state index is 12.9. The van der Waals surface area contributed by atoms with Crippen LogP contribution in [0.5, 0.6) is 5.75 Å². The van der Waals surface area contributed by atoms with E-state index in [2.05, 4.69) is 17.1 Å². The van der Waals surface area contributed by atoms with Crippen LogP contribution in [-0.4, -0.2) is 50.3 Å². The number of ether oxygens (including phenoxy) is 2. The Kier molecular flexibility index (Phi) is 7.26. The molecule has 0 unspecified atom stereocenters. The van der Waals surface area contributed by atoms with E-state index in [9.17, 15) is 4.79 Å². The molecule has 0 radical (unpaired) electrons. The van der Waals surface area contributed by atoms with Gasteiger partial charge in [0.1, 0.15) is 18.0 Å². The molecule has 1 aromatic carbocycles. The summed E-state index contributed by atoms with van der Waals surface area (Å²) < 4.78 is 11.6. The Morgan fingerprint density at radius 1 is 1.32 bits per heavy atom. The minimum Gasteiger partial charge on any atom is -0.492 e. The van der Waals surface area contributed by atoms with Gasteiger partial charge in [-0.05, 0) is 70.5 Å². The van der Waals surface area contributed by atoms with E-state index in [-0.39, 0.29) is 5.91 Å². The Bertz CT molecular complexity index is 540. The molecule has 0 aliphatic heterocycles. The molecule has 5 nitrogen and oxygen atoms in total. The number of carbonyl (C=O) groups is 1. The lowest BCUT2D eigenvalue weighted by atomic mass is 9.78. The number of carbonyl (C=O) groups excluding carboxylic acids is 1. The van der Waals surface area contributed by atoms with Crippen LogP contribution in [0.2, 0.25) is 0 Å². The van der Waals surface area contributed by atoms with E-state index >= 15 is 0 Å². The van der Waals surface area contributed by atoms with Crippen molar-refractivity contribution in [2.45, 2.75) is 45.1 Å². The summed E-state index contributed by atoms with van der Waals surface area (Å²) in [6.45, 7) is 6.21. The number of rotatable bonds is 8. The van der Waals surface area contributed by atoms with Crippen LogP contribution >= 0.6 is 0 Å². The average Bonchev–Trinajstić information content (AvgIpc) is 2.56. The summed E-state index contributed by atoms with van der Waals surface area (Å²) >= 11 is 0. The zero-order valence-corrected chi connectivity index (χ0v) is 16.0. The van der Waals surface area contributed by atoms with Gasteiger partial charge in [-0.1, -0.05) is 13.3 Å². The predicted octanol–water partition coefficient (Wildman–Crippen LogP) is 3.55. The van der Waals surface area contributed by atoms with Gasteiger partial charge in [-0.2, -0.15) is 0 Å². The quantitative estimate of drug-likeness (QED) is 0.780. The second-order valence-corrected chi connectivity index (χ2v) is 7.26. The van der Waals surface area contributed by atoms with Gasteiger partial charge in [0, 0.05) is 18.8 Å². The van der Waals surface area contributed by atoms with Crippen LogP contribution < -0.4 is 10.1 Å². The SMILES string of the molecule is CCO[C@]1(C(=O)Nc2ccc(OCCN(C)C)cc2)CCC[C@@H](C)C1. The first-order chi connectivity index (χ1) is 11.9. The monoisotopic (exact) mass is 348 g/mol. The van der Waals surface area contributed by atoms with Crippen molar-refractivity contribution in [1.82, 2.24) is 4.90 Å². The highest BCUT2D eigenvalue weighted by Crippen LogP contribution is 2.36. The Morgan fingerprint density at radius 3 is 2.64 bits per heavy atom. The lowest BCUT2D eigenvalue weighted by Crippen LogP contribution is -2.48. The van der Waals surface area contributed by atoms with Gasteiger partial charge >= 0.3 is 0 Å². The van der Waals surface area contributed by atoms with Crippen molar-refractivity contribution in [3.05, 3.63) is 24.3 Å². The number of benzene rings is 1. The number of nitrogens with one attached hydrogen (secondary N) is 1. The molecule has 5 heteroatoms. The van der Waals surface area contributed by atoms with Crippen molar-refractivity contribution in [2.24, 2.45) is 5.92 Å². The molecule has 0 spiro atoms. The van der Waals surface area contributed by atoms with E-state index in [1.165, 1.54) is 6.42 Å². The van der Waals surface area contributed by atoms with Gasteiger partial charge in [-0.3, -0.25) is 4.79 Å². The van der Waals surface area contributed by atoms with Crippen molar-refractivity contribution >= 4 is 11.6 Å². The van der Waals surface area contributed by atoms with E-state index in [1.807, 2.05) is 45.3 Å². The largest absolute Gasteiger partial charge is 0.492 e. The predicted molar refractivity (Wildman–Crippen MR) is 101 cm³/mol. The molecule has 1 aromatic rings. The number of nitrogens with zero attached hydrogens (tertiary/aromatic N) is 1. The molecule has 1 aliphatic rings. The Morgan fingerprint density at radius 2 is 2.04 bits per heavy atom. The third kappa shape index (κ3) is 5.72. The molecule has 1 N–H and O–H groups in total. The fourth-order valence-corrected chi connectivity index (χ4v) is 3.41. The highest BCUT2D eigenvalue weighted by Gasteiger charge is 2.42. The molecule has 1 amide bonds. The van der Waals surface area contributed by atoms with Gasteiger partial charge in [0.25, 0.3) is 5.91 Å². The molecule has 140 valence electrons. The third-order valence-corrected chi connectivity index (χ3v) is 4.71. The first-order valence-corrected chi connectivity index (χ1v) is 9.28. The minimum absolute atomic E-state index is 0.0258. The summed E-state index contributed by atoms with van der Waals surface area (Å²) in [7, 11) is 4.03.